The van der Waals surface area contributed by atoms with Gasteiger partial charge in [0.15, 0.2) is 11.5 Å². The highest BCUT2D eigenvalue weighted by Gasteiger charge is 2.16. The van der Waals surface area contributed by atoms with Crippen LogP contribution in [0.2, 0.25) is 0 Å². The molecule has 1 aromatic heterocycles. The molecule has 0 unspecified atom stereocenters. The molecule has 1 aliphatic heterocycles. The Morgan fingerprint density at radius 2 is 1.48 bits per heavy atom. The molecular weight excluding hydrogens is 412 g/mol. The number of carbonyl (C=O) groups is 2. The lowest BCUT2D eigenvalue weighted by atomic mass is 10.1. The number of nitrogens with one attached hydrogen (secondary N) is 2. The topological polar surface area (TPSA) is 76.7 Å². The number of thiophene rings is 1. The van der Waals surface area contributed by atoms with E-state index >= 15 is 0 Å². The molecule has 3 aromatic carbocycles. The lowest BCUT2D eigenvalue weighted by Crippen LogP contribution is -2.17. The SMILES string of the molecule is O=C(Nc1cccc(NC(=O)c2cc3ccccc3s2)c1)c1ccc2c(c1)OCCO2. The first kappa shape index (κ1) is 19.1. The van der Waals surface area contributed by atoms with Crippen LogP contribution >= 0.6 is 11.3 Å². The van der Waals surface area contributed by atoms with E-state index in [1.54, 1.807) is 42.5 Å². The largest absolute Gasteiger partial charge is 0.486 e. The van der Waals surface area contributed by atoms with Crippen LogP contribution in [0.5, 0.6) is 11.5 Å². The maximum Gasteiger partial charge on any atom is 0.265 e. The Morgan fingerprint density at radius 1 is 0.742 bits per heavy atom. The second kappa shape index (κ2) is 8.12. The third-order valence-corrected chi connectivity index (χ3v) is 5.95. The van der Waals surface area contributed by atoms with Crippen molar-refractivity contribution in [2.45, 2.75) is 0 Å². The fourth-order valence-electron chi connectivity index (χ4n) is 3.35. The van der Waals surface area contributed by atoms with Crippen molar-refractivity contribution in [1.82, 2.24) is 0 Å². The van der Waals surface area contributed by atoms with Gasteiger partial charge in [-0.15, -0.1) is 11.3 Å². The molecule has 7 heteroatoms. The summed E-state index contributed by atoms with van der Waals surface area (Å²) in [6.45, 7) is 0.957. The Balaban J connectivity index is 1.29. The van der Waals surface area contributed by atoms with Gasteiger partial charge in [-0.3, -0.25) is 9.59 Å². The van der Waals surface area contributed by atoms with E-state index in [1.165, 1.54) is 11.3 Å². The predicted octanol–water partition coefficient (Wildman–Crippen LogP) is 5.18. The van der Waals surface area contributed by atoms with Crippen molar-refractivity contribution in [3.05, 3.63) is 83.2 Å². The second-order valence-electron chi connectivity index (χ2n) is 7.00. The van der Waals surface area contributed by atoms with E-state index in [1.807, 2.05) is 30.3 Å². The standard InChI is InChI=1S/C24H18N2O4S/c27-23(16-8-9-19-20(12-16)30-11-10-29-19)25-17-5-3-6-18(14-17)26-24(28)22-13-15-4-1-2-7-21(15)31-22/h1-9,12-14H,10-11H2,(H,25,27)(H,26,28). The van der Waals surface area contributed by atoms with Crippen LogP contribution in [-0.2, 0) is 0 Å². The molecule has 2 heterocycles. The van der Waals surface area contributed by atoms with Gasteiger partial charge in [0.1, 0.15) is 13.2 Å². The van der Waals surface area contributed by atoms with Crippen LogP contribution in [0.25, 0.3) is 10.1 Å². The van der Waals surface area contributed by atoms with E-state index in [4.69, 9.17) is 9.47 Å². The van der Waals surface area contributed by atoms with Crippen molar-refractivity contribution in [3.63, 3.8) is 0 Å². The Bertz CT molecular complexity index is 1260. The quantitative estimate of drug-likeness (QED) is 0.468. The molecule has 1 aliphatic rings. The molecular formula is C24H18N2O4S. The van der Waals surface area contributed by atoms with Crippen LogP contribution in [0.15, 0.2) is 72.8 Å². The Labute approximate surface area is 182 Å². The average Bonchev–Trinajstić information content (AvgIpc) is 3.23. The molecule has 0 fully saturated rings. The molecule has 0 radical (unpaired) electrons. The smallest absolute Gasteiger partial charge is 0.265 e. The highest BCUT2D eigenvalue weighted by molar-refractivity contribution is 7.20. The summed E-state index contributed by atoms with van der Waals surface area (Å²) in [5.41, 5.74) is 1.64. The number of hydrogen-bond acceptors (Lipinski definition) is 5. The summed E-state index contributed by atoms with van der Waals surface area (Å²) < 4.78 is 12.1. The molecule has 0 saturated carbocycles. The van der Waals surface area contributed by atoms with Gasteiger partial charge in [-0.1, -0.05) is 24.3 Å². The summed E-state index contributed by atoms with van der Waals surface area (Å²) in [7, 11) is 0. The number of amides is 2. The van der Waals surface area contributed by atoms with Gasteiger partial charge in [-0.05, 0) is 53.9 Å². The highest BCUT2D eigenvalue weighted by Crippen LogP contribution is 2.31. The number of fused-ring (bicyclic) bond motifs is 2. The van der Waals surface area contributed by atoms with Crippen molar-refractivity contribution < 1.29 is 19.1 Å². The normalized spacial score (nSPS) is 12.4. The van der Waals surface area contributed by atoms with Gasteiger partial charge in [0.05, 0.1) is 4.88 Å². The molecule has 0 aliphatic carbocycles. The summed E-state index contributed by atoms with van der Waals surface area (Å²) in [6, 6.07) is 21.9. The number of carbonyl (C=O) groups excluding carboxylic acids is 2. The van der Waals surface area contributed by atoms with Crippen molar-refractivity contribution in [3.8, 4) is 11.5 Å². The number of anilines is 2. The highest BCUT2D eigenvalue weighted by atomic mass is 32.1. The Hall–Kier alpha value is -3.84. The summed E-state index contributed by atoms with van der Waals surface area (Å²) in [5.74, 6) is 0.735. The van der Waals surface area contributed by atoms with E-state index in [2.05, 4.69) is 10.6 Å². The van der Waals surface area contributed by atoms with E-state index < -0.39 is 0 Å². The third-order valence-electron chi connectivity index (χ3n) is 4.83. The summed E-state index contributed by atoms with van der Waals surface area (Å²) in [6.07, 6.45) is 0. The Kier molecular flexibility index (Phi) is 5.01. The van der Waals surface area contributed by atoms with Crippen molar-refractivity contribution in [2.24, 2.45) is 0 Å². The van der Waals surface area contributed by atoms with Crippen LogP contribution < -0.4 is 20.1 Å². The minimum atomic E-state index is -0.273. The predicted molar refractivity (Wildman–Crippen MR) is 122 cm³/mol. The van der Waals surface area contributed by atoms with Crippen molar-refractivity contribution in [2.75, 3.05) is 23.8 Å². The molecule has 0 saturated heterocycles. The monoisotopic (exact) mass is 430 g/mol. The number of benzene rings is 3. The minimum absolute atomic E-state index is 0.184. The van der Waals surface area contributed by atoms with Crippen LogP contribution in [0.4, 0.5) is 11.4 Å². The van der Waals surface area contributed by atoms with Crippen LogP contribution in [0.3, 0.4) is 0 Å². The number of rotatable bonds is 4. The van der Waals surface area contributed by atoms with E-state index in [9.17, 15) is 9.59 Å². The molecule has 5 rings (SSSR count). The van der Waals surface area contributed by atoms with Gasteiger partial charge in [0.25, 0.3) is 11.8 Å². The first-order valence-electron chi connectivity index (χ1n) is 9.77. The molecule has 0 bridgehead atoms. The zero-order valence-corrected chi connectivity index (χ0v) is 17.2. The minimum Gasteiger partial charge on any atom is -0.486 e. The number of ether oxygens (including phenoxy) is 2. The van der Waals surface area contributed by atoms with Gasteiger partial charge in [0, 0.05) is 21.6 Å². The molecule has 6 nitrogen and oxygen atoms in total. The third kappa shape index (κ3) is 4.08. The fraction of sp³-hybridized carbons (Fsp3) is 0.0833. The van der Waals surface area contributed by atoms with Gasteiger partial charge in [-0.2, -0.15) is 0 Å². The van der Waals surface area contributed by atoms with E-state index in [0.29, 0.717) is 46.5 Å². The molecule has 154 valence electrons. The van der Waals surface area contributed by atoms with E-state index in [0.717, 1.165) is 10.1 Å². The van der Waals surface area contributed by atoms with Gasteiger partial charge < -0.3 is 20.1 Å². The van der Waals surface area contributed by atoms with Crippen molar-refractivity contribution >= 4 is 44.6 Å². The van der Waals surface area contributed by atoms with Crippen LogP contribution in [0, 0.1) is 0 Å². The maximum atomic E-state index is 12.7. The van der Waals surface area contributed by atoms with Crippen molar-refractivity contribution in [1.29, 1.82) is 0 Å². The molecule has 4 aromatic rings. The van der Waals surface area contributed by atoms with E-state index in [-0.39, 0.29) is 11.8 Å². The summed E-state index contributed by atoms with van der Waals surface area (Å²) >= 11 is 1.44. The van der Waals surface area contributed by atoms with Gasteiger partial charge >= 0.3 is 0 Å². The molecule has 2 N–H and O–H groups in total. The average molecular weight is 430 g/mol. The first-order valence-corrected chi connectivity index (χ1v) is 10.6. The van der Waals surface area contributed by atoms with Crippen LogP contribution in [-0.4, -0.2) is 25.0 Å². The van der Waals surface area contributed by atoms with Crippen LogP contribution in [0.1, 0.15) is 20.0 Å². The Morgan fingerprint density at radius 3 is 2.29 bits per heavy atom. The zero-order chi connectivity index (χ0) is 21.2. The first-order chi connectivity index (χ1) is 15.2. The zero-order valence-electron chi connectivity index (χ0n) is 16.4. The molecule has 2 amide bonds. The lowest BCUT2D eigenvalue weighted by molar-refractivity contribution is 0.102. The summed E-state index contributed by atoms with van der Waals surface area (Å²) in [5, 5.41) is 6.79. The van der Waals surface area contributed by atoms with Gasteiger partial charge in [0.2, 0.25) is 0 Å². The lowest BCUT2D eigenvalue weighted by Gasteiger charge is -2.18. The molecule has 0 spiro atoms. The molecule has 0 atom stereocenters. The second-order valence-corrected chi connectivity index (χ2v) is 8.08. The molecule has 31 heavy (non-hydrogen) atoms. The maximum absolute atomic E-state index is 12.7. The fourth-order valence-corrected chi connectivity index (χ4v) is 4.31. The number of hydrogen-bond donors (Lipinski definition) is 2. The summed E-state index contributed by atoms with van der Waals surface area (Å²) in [4.78, 5) is 26.0. The van der Waals surface area contributed by atoms with Gasteiger partial charge in [-0.25, -0.2) is 0 Å².